The number of pyridine rings is 2. The number of benzene rings is 2. The summed E-state index contributed by atoms with van der Waals surface area (Å²) in [7, 11) is 0. The fourth-order valence-electron chi connectivity index (χ4n) is 10.7. The number of nitrogens with zero attached hydrogens (tertiary/aromatic N) is 14. The predicted molar refractivity (Wildman–Crippen MR) is 536 cm³/mol. The average molecular weight is 1700 g/mol. The van der Waals surface area contributed by atoms with Crippen LogP contribution in [0.5, 0.6) is 0 Å². The molecule has 0 aliphatic heterocycles. The van der Waals surface area contributed by atoms with Crippen molar-refractivity contribution >= 4 is 0 Å². The zero-order valence-electron chi connectivity index (χ0n) is 89.5. The molecule has 2 aromatic carbocycles. The smallest absolute Gasteiger partial charge is 0.156 e. The molecule has 14 heteroatoms. The van der Waals surface area contributed by atoms with Crippen LogP contribution in [0.1, 0.15) is 456 Å². The van der Waals surface area contributed by atoms with Crippen LogP contribution in [0.4, 0.5) is 0 Å². The van der Waals surface area contributed by atoms with Crippen molar-refractivity contribution in [2.24, 2.45) is 5.41 Å². The van der Waals surface area contributed by atoms with Crippen molar-refractivity contribution in [2.45, 2.75) is 454 Å². The van der Waals surface area contributed by atoms with Gasteiger partial charge in [0, 0.05) is 115 Å². The lowest BCUT2D eigenvalue weighted by atomic mass is 9.75. The molecule has 7 aromatic heterocycles. The van der Waals surface area contributed by atoms with Crippen LogP contribution in [-0.2, 0) is 86.6 Å². The molecule has 692 valence electrons. The van der Waals surface area contributed by atoms with E-state index in [1.165, 1.54) is 44.8 Å². The van der Waals surface area contributed by atoms with E-state index in [1.54, 1.807) is 31.1 Å². The van der Waals surface area contributed by atoms with E-state index in [2.05, 4.69) is 504 Å². The Morgan fingerprint density at radius 3 is 0.758 bits per heavy atom. The molecule has 0 spiro atoms. The third kappa shape index (κ3) is 45.9. The summed E-state index contributed by atoms with van der Waals surface area (Å²) in [5, 5.41) is 15.9. The van der Waals surface area contributed by atoms with E-state index in [4.69, 9.17) is 4.98 Å². The van der Waals surface area contributed by atoms with Gasteiger partial charge in [0.1, 0.15) is 6.33 Å². The third-order valence-corrected chi connectivity index (χ3v) is 18.9. The second-order valence-corrected chi connectivity index (χ2v) is 51.2. The molecular formula is C110H182N14. The van der Waals surface area contributed by atoms with Crippen molar-refractivity contribution in [3.8, 4) is 0 Å². The Morgan fingerprint density at radius 1 is 0.202 bits per heavy atom. The molecule has 9 rings (SSSR count). The Morgan fingerprint density at radius 2 is 0.500 bits per heavy atom. The fraction of sp³-hybridized carbons (Fsp3) is 0.636. The quantitative estimate of drug-likeness (QED) is 0.140. The molecule has 124 heavy (non-hydrogen) atoms. The Labute approximate surface area is 761 Å². The maximum atomic E-state index is 4.72. The minimum absolute atomic E-state index is 0.000972. The molecular weight excluding hydrogens is 1520 g/mol. The van der Waals surface area contributed by atoms with Gasteiger partial charge in [0.2, 0.25) is 0 Å². The molecule has 0 saturated carbocycles. The van der Waals surface area contributed by atoms with Gasteiger partial charge in [-0.1, -0.05) is 421 Å². The van der Waals surface area contributed by atoms with E-state index < -0.39 is 0 Å². The van der Waals surface area contributed by atoms with Gasteiger partial charge in [0.15, 0.2) is 11.6 Å². The van der Waals surface area contributed by atoms with Gasteiger partial charge in [-0.05, 0) is 96.4 Å². The molecule has 0 saturated heterocycles. The normalized spacial score (nSPS) is 12.7. The molecule has 0 atom stereocenters. The van der Waals surface area contributed by atoms with Gasteiger partial charge in [-0.2, -0.15) is 10.2 Å². The van der Waals surface area contributed by atoms with E-state index in [0.717, 1.165) is 51.5 Å². The van der Waals surface area contributed by atoms with E-state index in [9.17, 15) is 0 Å². The first-order valence-electron chi connectivity index (χ1n) is 45.1. The summed E-state index contributed by atoms with van der Waals surface area (Å²) < 4.78 is 0. The predicted octanol–water partition coefficient (Wildman–Crippen LogP) is 29.8. The van der Waals surface area contributed by atoms with Crippen LogP contribution in [0.25, 0.3) is 0 Å². The van der Waals surface area contributed by atoms with Crippen LogP contribution in [-0.4, -0.2) is 70.2 Å². The number of rotatable bonds is 0. The van der Waals surface area contributed by atoms with Crippen molar-refractivity contribution in [2.75, 3.05) is 0 Å². The fourth-order valence-corrected chi connectivity index (χ4v) is 10.7. The van der Waals surface area contributed by atoms with Crippen LogP contribution < -0.4 is 0 Å². The van der Waals surface area contributed by atoms with Crippen LogP contribution in [0, 0.1) is 12.3 Å². The van der Waals surface area contributed by atoms with Crippen molar-refractivity contribution in [1.29, 1.82) is 0 Å². The zero-order chi connectivity index (χ0) is 97.5. The van der Waals surface area contributed by atoms with Crippen molar-refractivity contribution in [1.82, 2.24) is 70.2 Å². The average Bonchev–Trinajstić information content (AvgIpc) is 0.818. The zero-order valence-corrected chi connectivity index (χ0v) is 89.5. The highest BCUT2D eigenvalue weighted by Gasteiger charge is 2.30. The second-order valence-electron chi connectivity index (χ2n) is 51.2. The van der Waals surface area contributed by atoms with E-state index >= 15 is 0 Å². The molecule has 0 aliphatic rings. The summed E-state index contributed by atoms with van der Waals surface area (Å²) in [5.74, 6) is 1.61. The van der Waals surface area contributed by atoms with Crippen LogP contribution in [0.3, 0.4) is 0 Å². The lowest BCUT2D eigenvalue weighted by Gasteiger charge is -2.29. The number of hydrogen-bond acceptors (Lipinski definition) is 14. The molecule has 0 bridgehead atoms. The first kappa shape index (κ1) is 116. The minimum Gasteiger partial charge on any atom is -0.261 e. The standard InChI is InChI=1S/2C14H22.2C13H21N.2C12H20N2.C11H19N3.C8H13N3.C8H12N2.C5H12/c1-13(2,3)11-7-9-12(10-8-11)14(4,5)6;1-13(2,3)11-9-7-8-10-12(11)14(4,5)6;1-12(2,3)10-7-8-11(14-9-10)13(4,5)6;1-12(2,3)10-8-7-9-11(14-10)13(4,5)6;1-11(2,3)9-7-13-8-10(14-9)12(4,5)6;1-11(2,3)9-10(12(4,5)6)14-8-7-13-9;1-10(2,3)8-7-12-14-9(13-8)11(4,5)6;1-6-5-9-11-7(10-6)8(2,3)4;1-8(2,3)7-4-9-6-10-5-7;1-5(2,3)4/h2*7-10H,1-6H3;2*7-9H,1-6H3;2*7-8H,1-6H3;7H,1-6H3;5H,1-4H3;4-6H,1-3H3;1-4H3. The highest BCUT2D eigenvalue weighted by atomic mass is 15.2. The van der Waals surface area contributed by atoms with Crippen molar-refractivity contribution in [3.63, 3.8) is 0 Å². The Kier molecular flexibility index (Phi) is 42.2. The van der Waals surface area contributed by atoms with Crippen molar-refractivity contribution < 1.29 is 0 Å². The molecule has 0 N–H and O–H groups in total. The summed E-state index contributed by atoms with van der Waals surface area (Å²) in [6, 6.07) is 28.4. The lowest BCUT2D eigenvalue weighted by Crippen LogP contribution is -2.24. The van der Waals surface area contributed by atoms with Gasteiger partial charge in [-0.15, -0.1) is 10.2 Å². The van der Waals surface area contributed by atoms with Gasteiger partial charge >= 0.3 is 0 Å². The number of aryl methyl sites for hydroxylation is 1. The van der Waals surface area contributed by atoms with Crippen molar-refractivity contribution in [3.05, 3.63) is 237 Å². The Bertz CT molecular complexity index is 4020. The van der Waals surface area contributed by atoms with Crippen LogP contribution in [0.15, 0.2) is 141 Å². The Balaban J connectivity index is 0.00000136. The summed E-state index contributed by atoms with van der Waals surface area (Å²) in [6.07, 6.45) is 17.9. The molecule has 14 nitrogen and oxygen atoms in total. The first-order chi connectivity index (χ1) is 55.1. The largest absolute Gasteiger partial charge is 0.261 e. The summed E-state index contributed by atoms with van der Waals surface area (Å²) in [4.78, 5) is 43.7. The molecule has 0 fully saturated rings. The molecule has 0 radical (unpaired) electrons. The molecule has 0 amide bonds. The van der Waals surface area contributed by atoms with Gasteiger partial charge in [0.25, 0.3) is 0 Å². The van der Waals surface area contributed by atoms with Gasteiger partial charge < -0.3 is 0 Å². The highest BCUT2D eigenvalue weighted by molar-refractivity contribution is 5.38. The monoisotopic (exact) mass is 1700 g/mol. The van der Waals surface area contributed by atoms with E-state index in [0.29, 0.717) is 5.41 Å². The van der Waals surface area contributed by atoms with Gasteiger partial charge in [0.05, 0.1) is 46.6 Å². The molecule has 0 aliphatic carbocycles. The molecule has 9 aromatic rings. The topological polar surface area (TPSA) is 180 Å². The van der Waals surface area contributed by atoms with E-state index in [1.807, 2.05) is 37.9 Å². The maximum Gasteiger partial charge on any atom is 0.156 e. The number of hydrogen-bond donors (Lipinski definition) is 0. The Hall–Kier alpha value is -8.00. The maximum absolute atomic E-state index is 4.72. The first-order valence-corrected chi connectivity index (χ1v) is 45.1. The SMILES string of the molecule is CC(C)(C)C.CC(C)(C)c1ccc(C(C)(C)C)cc1.CC(C)(C)c1ccc(C(C)(C)C)nc1.CC(C)(C)c1cccc(C(C)(C)C)n1.CC(C)(C)c1ccccc1C(C)(C)C.CC(C)(C)c1cncc(C(C)(C)C)n1.CC(C)(C)c1cncnc1.CC(C)(C)c1cnnc(C(C)(C)C)n1.CC(C)(C)c1nccnc1C(C)(C)C.Cc1cnnc(C(C)(C)C)n1. The summed E-state index contributed by atoms with van der Waals surface area (Å²) in [5.41, 5.74) is 20.6. The summed E-state index contributed by atoms with van der Waals surface area (Å²) in [6.45, 7) is 115. The molecule has 7 heterocycles. The second kappa shape index (κ2) is 45.1. The lowest BCUT2D eigenvalue weighted by molar-refractivity contribution is 0.469. The molecule has 0 unspecified atom stereocenters. The number of aromatic nitrogens is 14. The summed E-state index contributed by atoms with van der Waals surface area (Å²) >= 11 is 0. The van der Waals surface area contributed by atoms with Crippen LogP contribution in [0.2, 0.25) is 0 Å². The minimum atomic E-state index is -0.0335. The van der Waals surface area contributed by atoms with Gasteiger partial charge in [-0.25, -0.2) is 19.9 Å². The van der Waals surface area contributed by atoms with Crippen LogP contribution >= 0.6 is 0 Å². The third-order valence-electron chi connectivity index (χ3n) is 18.9. The van der Waals surface area contributed by atoms with E-state index in [-0.39, 0.29) is 86.6 Å². The van der Waals surface area contributed by atoms with Gasteiger partial charge in [-0.3, -0.25) is 29.9 Å². The highest BCUT2D eigenvalue weighted by Crippen LogP contribution is 2.36.